The van der Waals surface area contributed by atoms with Crippen molar-refractivity contribution < 1.29 is 23.8 Å². The largest absolute Gasteiger partial charge is 0.618 e. The van der Waals surface area contributed by atoms with E-state index in [9.17, 15) is 14.8 Å². The van der Waals surface area contributed by atoms with Crippen LogP contribution in [-0.4, -0.2) is 36.6 Å². The van der Waals surface area contributed by atoms with Crippen LogP contribution in [0.1, 0.15) is 11.1 Å². The molecule has 4 rings (SSSR count). The molecule has 6 nitrogen and oxygen atoms in total. The number of hydrogen-bond acceptors (Lipinski definition) is 5. The molecule has 0 saturated carbocycles. The number of para-hydroxylation sites is 1. The zero-order chi connectivity index (χ0) is 19.9. The first kappa shape index (κ1) is 17.7. The Kier molecular flexibility index (Phi) is 4.11. The number of fused-ring (bicyclic) bond motifs is 2. The lowest BCUT2D eigenvalue weighted by Crippen LogP contribution is -2.51. The minimum atomic E-state index is -2.00. The second kappa shape index (κ2) is 6.49. The molecular formula is C22H17NO5. The summed E-state index contributed by atoms with van der Waals surface area (Å²) < 4.78 is 10.6. The fourth-order valence-electron chi connectivity index (χ4n) is 3.84. The number of hydrogen-bond donors (Lipinski definition) is 0. The Morgan fingerprint density at radius 3 is 2.14 bits per heavy atom. The van der Waals surface area contributed by atoms with Crippen LogP contribution in [0.4, 0.5) is 5.69 Å². The predicted octanol–water partition coefficient (Wildman–Crippen LogP) is 3.07. The van der Waals surface area contributed by atoms with Crippen molar-refractivity contribution in [2.45, 2.75) is 5.41 Å². The minimum absolute atomic E-state index is 0.0295. The van der Waals surface area contributed by atoms with Crippen LogP contribution in [0, 0.1) is 5.21 Å². The molecule has 0 bridgehead atoms. The Morgan fingerprint density at radius 1 is 0.857 bits per heavy atom. The summed E-state index contributed by atoms with van der Waals surface area (Å²) >= 11 is 0. The molecule has 28 heavy (non-hydrogen) atoms. The summed E-state index contributed by atoms with van der Waals surface area (Å²) in [6.07, 6.45) is 0. The summed E-state index contributed by atoms with van der Waals surface area (Å²) in [5.41, 5.74) is -1.13. The van der Waals surface area contributed by atoms with E-state index in [0.717, 1.165) is 10.8 Å². The van der Waals surface area contributed by atoms with Crippen molar-refractivity contribution >= 4 is 34.1 Å². The second-order valence-electron chi connectivity index (χ2n) is 6.46. The average molecular weight is 375 g/mol. The monoisotopic (exact) mass is 375 g/mol. The number of nitrogens with zero attached hydrogens (tertiary/aromatic N) is 1. The lowest BCUT2D eigenvalue weighted by Gasteiger charge is -2.23. The van der Waals surface area contributed by atoms with Crippen LogP contribution in [0.3, 0.4) is 0 Å². The minimum Gasteiger partial charge on any atom is -0.618 e. The Balaban J connectivity index is 2.08. The summed E-state index contributed by atoms with van der Waals surface area (Å²) in [6.45, 7) is 0. The predicted molar refractivity (Wildman–Crippen MR) is 103 cm³/mol. The van der Waals surface area contributed by atoms with Crippen molar-refractivity contribution in [3.05, 3.63) is 83.1 Å². The molecule has 1 aliphatic rings. The van der Waals surface area contributed by atoms with Crippen LogP contribution in [0.5, 0.6) is 0 Å². The summed E-state index contributed by atoms with van der Waals surface area (Å²) in [6, 6.07) is 19.4. The van der Waals surface area contributed by atoms with E-state index in [0.29, 0.717) is 10.3 Å². The summed E-state index contributed by atoms with van der Waals surface area (Å²) in [5, 5.41) is 15.1. The SMILES string of the molecule is COC(=O)C1(C(=O)OC)C(c2ccc3ccccc3c2)=[N+]([O-])c2ccccc21. The molecule has 3 aromatic rings. The first-order valence-corrected chi connectivity index (χ1v) is 8.66. The van der Waals surface area contributed by atoms with Gasteiger partial charge in [0.15, 0.2) is 0 Å². The first-order valence-electron chi connectivity index (χ1n) is 8.66. The van der Waals surface area contributed by atoms with Gasteiger partial charge in [-0.25, -0.2) is 9.59 Å². The maximum absolute atomic E-state index is 13.3. The smallest absolute Gasteiger partial charge is 0.339 e. The summed E-state index contributed by atoms with van der Waals surface area (Å²) in [7, 11) is 2.36. The molecule has 0 N–H and O–H groups in total. The van der Waals surface area contributed by atoms with Crippen LogP contribution in [-0.2, 0) is 24.5 Å². The molecule has 6 heteroatoms. The van der Waals surface area contributed by atoms with Gasteiger partial charge in [-0.2, -0.15) is 4.74 Å². The zero-order valence-corrected chi connectivity index (χ0v) is 15.3. The van der Waals surface area contributed by atoms with Crippen molar-refractivity contribution in [1.82, 2.24) is 0 Å². The van der Waals surface area contributed by atoms with E-state index in [2.05, 4.69) is 0 Å². The van der Waals surface area contributed by atoms with Crippen molar-refractivity contribution in [2.24, 2.45) is 0 Å². The number of carbonyl (C=O) groups is 2. The third-order valence-corrected chi connectivity index (χ3v) is 5.09. The van der Waals surface area contributed by atoms with Gasteiger partial charge in [0.2, 0.25) is 11.4 Å². The van der Waals surface area contributed by atoms with Crippen LogP contribution in [0.2, 0.25) is 0 Å². The van der Waals surface area contributed by atoms with E-state index >= 15 is 0 Å². The summed E-state index contributed by atoms with van der Waals surface area (Å²) in [4.78, 5) is 26.0. The van der Waals surface area contributed by atoms with Crippen LogP contribution < -0.4 is 0 Å². The van der Waals surface area contributed by atoms with Crippen molar-refractivity contribution in [3.63, 3.8) is 0 Å². The van der Waals surface area contributed by atoms with E-state index in [-0.39, 0.29) is 17.0 Å². The lowest BCUT2D eigenvalue weighted by molar-refractivity contribution is -0.357. The van der Waals surface area contributed by atoms with Crippen LogP contribution >= 0.6 is 0 Å². The first-order chi connectivity index (χ1) is 13.6. The van der Waals surface area contributed by atoms with Gasteiger partial charge < -0.3 is 14.7 Å². The maximum Gasteiger partial charge on any atom is 0.339 e. The van der Waals surface area contributed by atoms with E-state index in [1.165, 1.54) is 14.2 Å². The molecule has 1 heterocycles. The molecule has 0 fully saturated rings. The summed E-state index contributed by atoms with van der Waals surface area (Å²) in [5.74, 6) is -1.73. The standard InChI is InChI=1S/C22H17NO5/c1-27-20(24)22(21(25)28-2)17-9-5-6-10-18(17)23(26)19(22)16-12-11-14-7-3-4-8-15(14)13-16/h3-13H,1-2H3. The molecule has 0 spiro atoms. The highest BCUT2D eigenvalue weighted by molar-refractivity contribution is 6.33. The highest BCUT2D eigenvalue weighted by atomic mass is 16.5. The van der Waals surface area contributed by atoms with Gasteiger partial charge in [0, 0.05) is 11.6 Å². The molecule has 0 radical (unpaired) electrons. The van der Waals surface area contributed by atoms with E-state index < -0.39 is 17.4 Å². The van der Waals surface area contributed by atoms with Gasteiger partial charge in [0.1, 0.15) is 0 Å². The zero-order valence-electron chi connectivity index (χ0n) is 15.3. The van der Waals surface area contributed by atoms with E-state index in [4.69, 9.17) is 9.47 Å². The molecular weight excluding hydrogens is 358 g/mol. The molecule has 0 unspecified atom stereocenters. The van der Waals surface area contributed by atoms with Gasteiger partial charge >= 0.3 is 11.9 Å². The highest BCUT2D eigenvalue weighted by Gasteiger charge is 2.65. The Hall–Kier alpha value is -3.67. The van der Waals surface area contributed by atoms with Crippen molar-refractivity contribution in [1.29, 1.82) is 0 Å². The number of benzene rings is 3. The average Bonchev–Trinajstić information content (AvgIpc) is 3.02. The number of rotatable bonds is 3. The maximum atomic E-state index is 13.3. The Labute approximate surface area is 161 Å². The fourth-order valence-corrected chi connectivity index (χ4v) is 3.84. The molecule has 0 aliphatic carbocycles. The molecule has 0 atom stereocenters. The molecule has 0 saturated heterocycles. The third kappa shape index (κ3) is 2.24. The molecule has 140 valence electrons. The molecule has 0 aromatic heterocycles. The van der Waals surface area contributed by atoms with Crippen molar-refractivity contribution in [3.8, 4) is 0 Å². The number of esters is 2. The Morgan fingerprint density at radius 2 is 1.46 bits per heavy atom. The normalized spacial score (nSPS) is 14.6. The van der Waals surface area contributed by atoms with Gasteiger partial charge in [0.25, 0.3) is 5.41 Å². The second-order valence-corrected chi connectivity index (χ2v) is 6.46. The quantitative estimate of drug-likeness (QED) is 0.304. The molecule has 0 amide bonds. The highest BCUT2D eigenvalue weighted by Crippen LogP contribution is 2.43. The van der Waals surface area contributed by atoms with E-state index in [1.807, 2.05) is 30.3 Å². The van der Waals surface area contributed by atoms with Crippen LogP contribution in [0.15, 0.2) is 66.7 Å². The molecule has 1 aliphatic heterocycles. The van der Waals surface area contributed by atoms with Crippen molar-refractivity contribution in [2.75, 3.05) is 14.2 Å². The van der Waals surface area contributed by atoms with E-state index in [1.54, 1.807) is 36.4 Å². The molecule has 3 aromatic carbocycles. The number of methoxy groups -OCH3 is 2. The lowest BCUT2D eigenvalue weighted by atomic mass is 9.75. The van der Waals surface area contributed by atoms with Crippen LogP contribution in [0.25, 0.3) is 10.8 Å². The van der Waals surface area contributed by atoms with Gasteiger partial charge in [-0.1, -0.05) is 42.5 Å². The van der Waals surface area contributed by atoms with Gasteiger partial charge in [0.05, 0.1) is 19.8 Å². The topological polar surface area (TPSA) is 78.7 Å². The fraction of sp³-hybridized carbons (Fsp3) is 0.136. The number of ether oxygens (including phenoxy) is 2. The third-order valence-electron chi connectivity index (χ3n) is 5.09. The van der Waals surface area contributed by atoms with Gasteiger partial charge in [-0.05, 0) is 29.0 Å². The van der Waals surface area contributed by atoms with Gasteiger partial charge in [-0.15, -0.1) is 0 Å². The Bertz CT molecular complexity index is 1130. The van der Waals surface area contributed by atoms with Gasteiger partial charge in [-0.3, -0.25) is 0 Å². The number of carbonyl (C=O) groups excluding carboxylic acids is 2.